The molecule has 3 aliphatic rings. The van der Waals surface area contributed by atoms with Gasteiger partial charge in [0.05, 0.1) is 5.57 Å². The number of ketones is 2. The summed E-state index contributed by atoms with van der Waals surface area (Å²) in [4.78, 5) is 24.9. The molecule has 0 unspecified atom stereocenters. The van der Waals surface area contributed by atoms with E-state index in [1.54, 1.807) is 13.8 Å². The molecular weight excluding hydrogens is 312 g/mol. The number of aliphatic hydroxyl groups is 2. The highest BCUT2D eigenvalue weighted by Gasteiger charge is 2.60. The minimum atomic E-state index is -1.43. The van der Waals surface area contributed by atoms with E-state index >= 15 is 0 Å². The van der Waals surface area contributed by atoms with Crippen molar-refractivity contribution in [2.45, 2.75) is 71.2 Å². The van der Waals surface area contributed by atoms with Crippen LogP contribution >= 0.6 is 0 Å². The third-order valence-electron chi connectivity index (χ3n) is 5.36. The van der Waals surface area contributed by atoms with Gasteiger partial charge in [0.15, 0.2) is 17.6 Å². The van der Waals surface area contributed by atoms with E-state index in [4.69, 9.17) is 9.47 Å². The molecule has 2 N–H and O–H groups in total. The van der Waals surface area contributed by atoms with E-state index in [0.717, 1.165) is 12.8 Å². The molecule has 0 aromatic rings. The summed E-state index contributed by atoms with van der Waals surface area (Å²) in [5.41, 5.74) is -1.36. The normalized spacial score (nSPS) is 38.7. The van der Waals surface area contributed by atoms with Crippen molar-refractivity contribution < 1.29 is 29.3 Å². The van der Waals surface area contributed by atoms with Crippen molar-refractivity contribution in [3.63, 3.8) is 0 Å². The number of rotatable bonds is 3. The van der Waals surface area contributed by atoms with Crippen molar-refractivity contribution in [1.82, 2.24) is 0 Å². The van der Waals surface area contributed by atoms with E-state index in [1.807, 2.05) is 6.92 Å². The molecule has 2 aliphatic heterocycles. The van der Waals surface area contributed by atoms with Gasteiger partial charge in [-0.05, 0) is 33.1 Å². The Bertz CT molecular complexity index is 675. The molecule has 0 aromatic heterocycles. The van der Waals surface area contributed by atoms with Crippen molar-refractivity contribution in [3.05, 3.63) is 22.9 Å². The molecule has 4 atom stereocenters. The zero-order chi connectivity index (χ0) is 17.9. The van der Waals surface area contributed by atoms with Crippen LogP contribution in [-0.2, 0) is 19.1 Å². The maximum Gasteiger partial charge on any atom is 0.237 e. The van der Waals surface area contributed by atoms with Crippen LogP contribution in [0.25, 0.3) is 0 Å². The first-order chi connectivity index (χ1) is 11.1. The molecule has 0 bridgehead atoms. The van der Waals surface area contributed by atoms with E-state index in [9.17, 15) is 19.8 Å². The molecule has 0 saturated heterocycles. The second-order valence-electron chi connectivity index (χ2n) is 7.52. The predicted molar refractivity (Wildman–Crippen MR) is 85.0 cm³/mol. The fraction of sp³-hybridized carbons (Fsp3) is 0.667. The molecule has 132 valence electrons. The Kier molecular flexibility index (Phi) is 3.79. The first kappa shape index (κ1) is 17.0. The van der Waals surface area contributed by atoms with E-state index in [2.05, 4.69) is 6.92 Å². The lowest BCUT2D eigenvalue weighted by Gasteiger charge is -2.51. The molecule has 6 nitrogen and oxygen atoms in total. The van der Waals surface area contributed by atoms with Gasteiger partial charge in [0.25, 0.3) is 0 Å². The number of ether oxygens (including phenoxy) is 2. The number of Topliss-reactive ketones (excluding diaryl/α,β-unsaturated/α-hetero) is 2. The minimum Gasteiger partial charge on any atom is -0.502 e. The molecule has 0 spiro atoms. The standard InChI is InChI=1S/C18H24O6/c1-5-6-7-17(3)8-18(4)10-14(12(20)13(21)16(18)22)23-9(2)11(19)15(10)24-17/h9,16,20,22H,5-8H2,1-4H3/t9-,16+,17-,18+/m0/s1. The molecule has 0 amide bonds. The number of unbranched alkanes of at least 4 members (excludes halogenated alkanes) is 1. The highest BCUT2D eigenvalue weighted by Crippen LogP contribution is 2.55. The van der Waals surface area contributed by atoms with Crippen molar-refractivity contribution in [1.29, 1.82) is 0 Å². The van der Waals surface area contributed by atoms with Crippen LogP contribution in [0.3, 0.4) is 0 Å². The van der Waals surface area contributed by atoms with Gasteiger partial charge < -0.3 is 19.7 Å². The van der Waals surface area contributed by atoms with Crippen LogP contribution in [0.2, 0.25) is 0 Å². The molecule has 0 fully saturated rings. The summed E-state index contributed by atoms with van der Waals surface area (Å²) >= 11 is 0. The Morgan fingerprint density at radius 1 is 1.21 bits per heavy atom. The lowest BCUT2D eigenvalue weighted by atomic mass is 9.62. The summed E-state index contributed by atoms with van der Waals surface area (Å²) < 4.78 is 11.6. The van der Waals surface area contributed by atoms with Crippen LogP contribution in [0, 0.1) is 5.41 Å². The van der Waals surface area contributed by atoms with Crippen molar-refractivity contribution in [2.24, 2.45) is 5.41 Å². The van der Waals surface area contributed by atoms with Gasteiger partial charge in [-0.2, -0.15) is 0 Å². The minimum absolute atomic E-state index is 0.0209. The van der Waals surface area contributed by atoms with Crippen LogP contribution in [0.5, 0.6) is 0 Å². The molecular formula is C18H24O6. The molecule has 6 heteroatoms. The first-order valence-corrected chi connectivity index (χ1v) is 8.45. The number of hydrogen-bond donors (Lipinski definition) is 2. The SMILES string of the molecule is CCCC[C@@]1(C)C[C@]2(C)C3=C(O1)C(=O)[C@H](C)OC3=C(O)C(=O)[C@H]2O. The average Bonchev–Trinajstić information content (AvgIpc) is 2.53. The van der Waals surface area contributed by atoms with Crippen LogP contribution in [0.4, 0.5) is 0 Å². The second-order valence-corrected chi connectivity index (χ2v) is 7.52. The van der Waals surface area contributed by atoms with Gasteiger partial charge in [-0.15, -0.1) is 0 Å². The largest absolute Gasteiger partial charge is 0.502 e. The Morgan fingerprint density at radius 2 is 1.88 bits per heavy atom. The van der Waals surface area contributed by atoms with Gasteiger partial charge in [-0.3, -0.25) is 9.59 Å². The lowest BCUT2D eigenvalue weighted by molar-refractivity contribution is -0.152. The van der Waals surface area contributed by atoms with Gasteiger partial charge in [0.2, 0.25) is 17.3 Å². The summed E-state index contributed by atoms with van der Waals surface area (Å²) in [7, 11) is 0. The number of aliphatic hydroxyl groups excluding tert-OH is 2. The summed E-state index contributed by atoms with van der Waals surface area (Å²) in [6.45, 7) is 7.26. The van der Waals surface area contributed by atoms with E-state index < -0.39 is 34.8 Å². The molecule has 0 aromatic carbocycles. The maximum absolute atomic E-state index is 12.6. The quantitative estimate of drug-likeness (QED) is 0.821. The van der Waals surface area contributed by atoms with Crippen LogP contribution in [0.15, 0.2) is 22.9 Å². The van der Waals surface area contributed by atoms with E-state index in [-0.39, 0.29) is 17.3 Å². The Hall–Kier alpha value is -1.82. The van der Waals surface area contributed by atoms with Gasteiger partial charge in [0.1, 0.15) is 11.7 Å². The summed E-state index contributed by atoms with van der Waals surface area (Å²) in [5, 5.41) is 20.7. The number of carbonyl (C=O) groups is 2. The summed E-state index contributed by atoms with van der Waals surface area (Å²) in [6, 6.07) is 0. The Morgan fingerprint density at radius 3 is 2.50 bits per heavy atom. The van der Waals surface area contributed by atoms with Crippen molar-refractivity contribution in [3.8, 4) is 0 Å². The fourth-order valence-corrected chi connectivity index (χ4v) is 4.10. The fourth-order valence-electron chi connectivity index (χ4n) is 4.10. The average molecular weight is 336 g/mol. The smallest absolute Gasteiger partial charge is 0.237 e. The molecule has 24 heavy (non-hydrogen) atoms. The van der Waals surface area contributed by atoms with Gasteiger partial charge in [0, 0.05) is 5.41 Å². The second kappa shape index (κ2) is 5.34. The van der Waals surface area contributed by atoms with Gasteiger partial charge >= 0.3 is 0 Å². The van der Waals surface area contributed by atoms with E-state index in [1.165, 1.54) is 0 Å². The maximum atomic E-state index is 12.6. The van der Waals surface area contributed by atoms with Crippen LogP contribution < -0.4 is 0 Å². The van der Waals surface area contributed by atoms with Crippen LogP contribution in [-0.4, -0.2) is 39.6 Å². The van der Waals surface area contributed by atoms with Crippen molar-refractivity contribution >= 4 is 11.6 Å². The third kappa shape index (κ3) is 2.19. The number of carbonyl (C=O) groups excluding carboxylic acids is 2. The van der Waals surface area contributed by atoms with Crippen LogP contribution in [0.1, 0.15) is 53.4 Å². The molecule has 3 rings (SSSR count). The predicted octanol–water partition coefficient (Wildman–Crippen LogP) is 2.32. The van der Waals surface area contributed by atoms with Crippen molar-refractivity contribution in [2.75, 3.05) is 0 Å². The van der Waals surface area contributed by atoms with Gasteiger partial charge in [-0.25, -0.2) is 0 Å². The Balaban J connectivity index is 2.21. The Labute approximate surface area is 141 Å². The summed E-state index contributed by atoms with van der Waals surface area (Å²) in [6.07, 6.45) is 0.691. The number of allylic oxidation sites excluding steroid dienone is 1. The molecule has 0 saturated carbocycles. The first-order valence-electron chi connectivity index (χ1n) is 8.45. The topological polar surface area (TPSA) is 93.1 Å². The lowest BCUT2D eigenvalue weighted by Crippen LogP contribution is -2.56. The molecule has 2 heterocycles. The highest BCUT2D eigenvalue weighted by molar-refractivity contribution is 6.05. The third-order valence-corrected chi connectivity index (χ3v) is 5.36. The zero-order valence-corrected chi connectivity index (χ0v) is 14.5. The molecule has 0 radical (unpaired) electrons. The monoisotopic (exact) mass is 336 g/mol. The summed E-state index contributed by atoms with van der Waals surface area (Å²) in [5.74, 6) is -1.62. The highest BCUT2D eigenvalue weighted by atomic mass is 16.5. The zero-order valence-electron chi connectivity index (χ0n) is 14.5. The number of hydrogen-bond acceptors (Lipinski definition) is 6. The van der Waals surface area contributed by atoms with Gasteiger partial charge in [-0.1, -0.05) is 20.3 Å². The van der Waals surface area contributed by atoms with E-state index in [0.29, 0.717) is 18.4 Å². The molecule has 1 aliphatic carbocycles.